The summed E-state index contributed by atoms with van der Waals surface area (Å²) in [5.74, 6) is -0.465. The number of hydrogen-bond donors (Lipinski definition) is 3. The van der Waals surface area contributed by atoms with Crippen molar-refractivity contribution in [1.82, 2.24) is 9.97 Å². The number of anilines is 3. The van der Waals surface area contributed by atoms with E-state index in [0.717, 1.165) is 6.42 Å². The number of fused-ring (bicyclic) bond motifs is 2. The fourth-order valence-corrected chi connectivity index (χ4v) is 4.34. The van der Waals surface area contributed by atoms with Gasteiger partial charge in [-0.05, 0) is 29.7 Å². The number of hydrogen-bond acceptors (Lipinski definition) is 6. The molecule has 9 nitrogen and oxygen atoms in total. The Morgan fingerprint density at radius 2 is 2.00 bits per heavy atom. The Balaban J connectivity index is 1.34. The smallest absolute Gasteiger partial charge is 0.258 e. The van der Waals surface area contributed by atoms with Crippen LogP contribution in [0, 0.1) is 0 Å². The van der Waals surface area contributed by atoms with Crippen LogP contribution in [-0.2, 0) is 22.6 Å². The summed E-state index contributed by atoms with van der Waals surface area (Å²) in [7, 11) is 1.54. The fraction of sp³-hybridized carbons (Fsp3) is 0.250. The van der Waals surface area contributed by atoms with Crippen LogP contribution >= 0.6 is 0 Å². The number of H-pyrrole nitrogens is 1. The summed E-state index contributed by atoms with van der Waals surface area (Å²) in [6.07, 6.45) is 0.674. The molecule has 0 saturated carbocycles. The Labute approximate surface area is 189 Å². The van der Waals surface area contributed by atoms with Gasteiger partial charge in [0.1, 0.15) is 11.6 Å². The quantitative estimate of drug-likeness (QED) is 0.555. The summed E-state index contributed by atoms with van der Waals surface area (Å²) in [6.45, 7) is 1.33. The molecule has 0 bridgehead atoms. The minimum Gasteiger partial charge on any atom is -0.497 e. The lowest BCUT2D eigenvalue weighted by Crippen LogP contribution is -2.33. The van der Waals surface area contributed by atoms with E-state index in [1.807, 2.05) is 17.0 Å². The molecule has 33 heavy (non-hydrogen) atoms. The second-order valence-corrected chi connectivity index (χ2v) is 8.12. The molecule has 3 heterocycles. The third-order valence-corrected chi connectivity index (χ3v) is 6.02. The van der Waals surface area contributed by atoms with E-state index in [-0.39, 0.29) is 23.7 Å². The highest BCUT2D eigenvalue weighted by Crippen LogP contribution is 2.32. The van der Waals surface area contributed by atoms with Crippen molar-refractivity contribution in [2.45, 2.75) is 25.3 Å². The highest BCUT2D eigenvalue weighted by atomic mass is 16.5. The number of rotatable bonds is 5. The lowest BCUT2D eigenvalue weighted by molar-refractivity contribution is -0.122. The highest BCUT2D eigenvalue weighted by Gasteiger charge is 2.37. The van der Waals surface area contributed by atoms with Gasteiger partial charge in [0, 0.05) is 31.3 Å². The number of aromatic amines is 1. The molecular formula is C24H23N5O4. The van der Waals surface area contributed by atoms with Gasteiger partial charge in [-0.25, -0.2) is 0 Å². The first kappa shape index (κ1) is 20.7. The molecule has 0 spiro atoms. The van der Waals surface area contributed by atoms with Gasteiger partial charge in [0.15, 0.2) is 0 Å². The van der Waals surface area contributed by atoms with Crippen molar-refractivity contribution in [1.29, 1.82) is 0 Å². The topological polar surface area (TPSA) is 116 Å². The zero-order valence-corrected chi connectivity index (χ0v) is 18.1. The van der Waals surface area contributed by atoms with Crippen molar-refractivity contribution < 1.29 is 14.3 Å². The van der Waals surface area contributed by atoms with Gasteiger partial charge in [0.2, 0.25) is 17.8 Å². The molecule has 9 heteroatoms. The van der Waals surface area contributed by atoms with Crippen molar-refractivity contribution in [2.75, 3.05) is 29.2 Å². The zero-order chi connectivity index (χ0) is 22.9. The zero-order valence-electron chi connectivity index (χ0n) is 18.1. The van der Waals surface area contributed by atoms with Crippen molar-refractivity contribution in [2.24, 2.45) is 0 Å². The molecule has 1 atom stereocenters. The predicted molar refractivity (Wildman–Crippen MR) is 124 cm³/mol. The summed E-state index contributed by atoms with van der Waals surface area (Å²) in [4.78, 5) is 47.5. The summed E-state index contributed by atoms with van der Waals surface area (Å²) in [5, 5.41) is 5.42. The van der Waals surface area contributed by atoms with Crippen molar-refractivity contribution >= 4 is 29.3 Å². The van der Waals surface area contributed by atoms with Crippen LogP contribution in [0.25, 0.3) is 0 Å². The van der Waals surface area contributed by atoms with E-state index in [0.29, 0.717) is 30.5 Å². The van der Waals surface area contributed by atoms with Gasteiger partial charge in [-0.1, -0.05) is 30.3 Å². The Bertz CT molecular complexity index is 1300. The molecule has 0 saturated heterocycles. The molecule has 0 aliphatic carbocycles. The molecule has 168 valence electrons. The summed E-state index contributed by atoms with van der Waals surface area (Å²) >= 11 is 0. The largest absolute Gasteiger partial charge is 0.497 e. The van der Waals surface area contributed by atoms with E-state index in [2.05, 4.69) is 32.7 Å². The number of carbonyl (C=O) groups excluding carboxylic acids is 2. The van der Waals surface area contributed by atoms with E-state index in [9.17, 15) is 14.4 Å². The van der Waals surface area contributed by atoms with Crippen LogP contribution in [0.5, 0.6) is 5.75 Å². The lowest BCUT2D eigenvalue weighted by Gasteiger charge is -2.29. The Morgan fingerprint density at radius 3 is 2.82 bits per heavy atom. The second kappa shape index (κ2) is 8.42. The number of amides is 2. The number of nitrogens with zero attached hydrogens (tertiary/aromatic N) is 2. The number of benzene rings is 2. The van der Waals surface area contributed by atoms with E-state index in [1.54, 1.807) is 24.3 Å². The average molecular weight is 445 g/mol. The highest BCUT2D eigenvalue weighted by molar-refractivity contribution is 6.05. The van der Waals surface area contributed by atoms with E-state index >= 15 is 0 Å². The third kappa shape index (κ3) is 4.05. The molecule has 0 radical (unpaired) electrons. The molecule has 2 amide bonds. The normalized spacial score (nSPS) is 16.6. The fourth-order valence-electron chi connectivity index (χ4n) is 4.34. The number of nitrogens with one attached hydrogen (secondary N) is 3. The average Bonchev–Trinajstić information content (AvgIpc) is 3.13. The first-order valence-electron chi connectivity index (χ1n) is 10.7. The van der Waals surface area contributed by atoms with Crippen LogP contribution in [0.3, 0.4) is 0 Å². The molecule has 3 aromatic rings. The monoisotopic (exact) mass is 445 g/mol. The van der Waals surface area contributed by atoms with E-state index < -0.39 is 17.4 Å². The first-order chi connectivity index (χ1) is 16.0. The summed E-state index contributed by atoms with van der Waals surface area (Å²) in [5.41, 5.74) is 2.80. The van der Waals surface area contributed by atoms with E-state index in [4.69, 9.17) is 4.74 Å². The number of methoxy groups -OCH3 is 1. The maximum atomic E-state index is 12.9. The van der Waals surface area contributed by atoms with Crippen LogP contribution in [0.4, 0.5) is 17.5 Å². The van der Waals surface area contributed by atoms with E-state index in [1.165, 1.54) is 18.2 Å². The minimum atomic E-state index is -0.905. The first-order valence-corrected chi connectivity index (χ1v) is 10.7. The van der Waals surface area contributed by atoms with Gasteiger partial charge in [-0.3, -0.25) is 19.4 Å². The third-order valence-electron chi connectivity index (χ3n) is 6.02. The van der Waals surface area contributed by atoms with Gasteiger partial charge in [-0.15, -0.1) is 0 Å². The molecule has 1 unspecified atom stereocenters. The van der Waals surface area contributed by atoms with Gasteiger partial charge in [0.05, 0.1) is 18.6 Å². The van der Waals surface area contributed by atoms with Gasteiger partial charge >= 0.3 is 0 Å². The van der Waals surface area contributed by atoms with Crippen LogP contribution in [0.15, 0.2) is 53.3 Å². The number of ether oxygens (including phenoxy) is 1. The Morgan fingerprint density at radius 1 is 1.18 bits per heavy atom. The predicted octanol–water partition coefficient (Wildman–Crippen LogP) is 2.41. The van der Waals surface area contributed by atoms with Crippen LogP contribution in [0.2, 0.25) is 0 Å². The molecule has 2 aromatic carbocycles. The van der Waals surface area contributed by atoms with Crippen LogP contribution in [0.1, 0.15) is 29.0 Å². The molecule has 3 N–H and O–H groups in total. The SMILES string of the molecule is COc1cccc(NC(=O)CC2C(=O)Nc3nc(N4CCc5ccccc5C4)[nH]c(=O)c32)c1. The Kier molecular flexibility index (Phi) is 5.29. The van der Waals surface area contributed by atoms with Gasteiger partial charge in [-0.2, -0.15) is 4.98 Å². The lowest BCUT2D eigenvalue weighted by atomic mass is 9.99. The second-order valence-electron chi connectivity index (χ2n) is 8.12. The molecule has 2 aliphatic heterocycles. The van der Waals surface area contributed by atoms with Crippen molar-refractivity contribution in [3.05, 3.63) is 75.6 Å². The molecular weight excluding hydrogens is 422 g/mol. The maximum absolute atomic E-state index is 12.9. The summed E-state index contributed by atoms with van der Waals surface area (Å²) in [6, 6.07) is 15.1. The molecule has 1 aromatic heterocycles. The minimum absolute atomic E-state index is 0.169. The van der Waals surface area contributed by atoms with Crippen molar-refractivity contribution in [3.8, 4) is 5.75 Å². The molecule has 0 fully saturated rings. The van der Waals surface area contributed by atoms with Crippen LogP contribution in [-0.4, -0.2) is 35.4 Å². The number of carbonyl (C=O) groups is 2. The standard InChI is InChI=1S/C24H23N5O4/c1-33-17-8-4-7-16(11-17)25-19(30)12-18-20-21(26-22(18)31)27-24(28-23(20)32)29-10-9-14-5-2-3-6-15(14)13-29/h2-8,11,18H,9-10,12-13H2,1H3,(H,25,30)(H2,26,27,28,31,32). The molecule has 2 aliphatic rings. The summed E-state index contributed by atoms with van der Waals surface area (Å²) < 4.78 is 5.16. The van der Waals surface area contributed by atoms with Crippen molar-refractivity contribution in [3.63, 3.8) is 0 Å². The van der Waals surface area contributed by atoms with Crippen LogP contribution < -0.4 is 25.8 Å². The Hall–Kier alpha value is -4.14. The van der Waals surface area contributed by atoms with Gasteiger partial charge in [0.25, 0.3) is 5.56 Å². The van der Waals surface area contributed by atoms with Gasteiger partial charge < -0.3 is 20.3 Å². The maximum Gasteiger partial charge on any atom is 0.258 e. The number of aromatic nitrogens is 2. The molecule has 5 rings (SSSR count).